The number of aliphatic carboxylic acids is 1. The second-order valence-electron chi connectivity index (χ2n) is 8.35. The molecule has 0 bridgehead atoms. The van der Waals surface area contributed by atoms with Crippen molar-refractivity contribution >= 4 is 11.9 Å². The van der Waals surface area contributed by atoms with Gasteiger partial charge in [-0.15, -0.1) is 0 Å². The zero-order valence-electron chi connectivity index (χ0n) is 16.7. The van der Waals surface area contributed by atoms with Gasteiger partial charge in [0.05, 0.1) is 12.0 Å². The first kappa shape index (κ1) is 19.5. The summed E-state index contributed by atoms with van der Waals surface area (Å²) in [6, 6.07) is 15.6. The highest BCUT2D eigenvalue weighted by Crippen LogP contribution is 2.29. The Hall–Kier alpha value is -2.82. The summed E-state index contributed by atoms with van der Waals surface area (Å²) < 4.78 is 6.12. The SMILES string of the molecule is CC1CCC(Oc2ccc(-c3ccc(C(=O)N4CC(C(=O)O)C4)cc3)cc2)CC1. The molecule has 1 aliphatic carbocycles. The number of hydrogen-bond acceptors (Lipinski definition) is 3. The molecule has 0 radical (unpaired) electrons. The molecule has 1 aliphatic heterocycles. The molecule has 0 atom stereocenters. The Morgan fingerprint density at radius 3 is 2.00 bits per heavy atom. The average molecular weight is 393 g/mol. The summed E-state index contributed by atoms with van der Waals surface area (Å²) in [5.74, 6) is 0.336. The van der Waals surface area contributed by atoms with Crippen LogP contribution in [0.25, 0.3) is 11.1 Å². The molecule has 4 rings (SSSR count). The minimum absolute atomic E-state index is 0.111. The van der Waals surface area contributed by atoms with Gasteiger partial charge in [-0.05, 0) is 67.0 Å². The largest absolute Gasteiger partial charge is 0.490 e. The van der Waals surface area contributed by atoms with E-state index in [9.17, 15) is 9.59 Å². The van der Waals surface area contributed by atoms with Gasteiger partial charge in [0.15, 0.2) is 0 Å². The lowest BCUT2D eigenvalue weighted by atomic mass is 9.89. The number of carboxylic acid groups (broad SMARTS) is 1. The Morgan fingerprint density at radius 1 is 0.897 bits per heavy atom. The Balaban J connectivity index is 1.35. The van der Waals surface area contributed by atoms with Crippen molar-refractivity contribution in [1.29, 1.82) is 0 Å². The van der Waals surface area contributed by atoms with Crippen molar-refractivity contribution in [3.8, 4) is 16.9 Å². The van der Waals surface area contributed by atoms with Crippen molar-refractivity contribution < 1.29 is 19.4 Å². The van der Waals surface area contributed by atoms with E-state index in [4.69, 9.17) is 9.84 Å². The van der Waals surface area contributed by atoms with Gasteiger partial charge in [0.2, 0.25) is 0 Å². The molecule has 1 heterocycles. The number of nitrogens with zero attached hydrogens (tertiary/aromatic N) is 1. The van der Waals surface area contributed by atoms with Gasteiger partial charge in [0.25, 0.3) is 5.91 Å². The summed E-state index contributed by atoms with van der Waals surface area (Å²) in [7, 11) is 0. The van der Waals surface area contributed by atoms with Gasteiger partial charge in [-0.2, -0.15) is 0 Å². The summed E-state index contributed by atoms with van der Waals surface area (Å²) in [6.45, 7) is 2.88. The minimum atomic E-state index is -0.838. The van der Waals surface area contributed by atoms with E-state index in [1.165, 1.54) is 12.8 Å². The molecule has 2 aromatic carbocycles. The highest BCUT2D eigenvalue weighted by molar-refractivity contribution is 5.96. The first-order chi connectivity index (χ1) is 14.0. The number of benzene rings is 2. The van der Waals surface area contributed by atoms with Crippen LogP contribution in [0.15, 0.2) is 48.5 Å². The Kier molecular flexibility index (Phi) is 5.56. The molecule has 2 aromatic rings. The standard InChI is InChI=1S/C24H27NO4/c1-16-2-10-21(11-3-16)29-22-12-8-18(9-13-22)17-4-6-19(7-5-17)23(26)25-14-20(15-25)24(27)28/h4-9,12-13,16,20-21H,2-3,10-11,14-15H2,1H3,(H,27,28). The molecule has 5 nitrogen and oxygen atoms in total. The second-order valence-corrected chi connectivity index (χ2v) is 8.35. The summed E-state index contributed by atoms with van der Waals surface area (Å²) >= 11 is 0. The lowest BCUT2D eigenvalue weighted by Gasteiger charge is -2.36. The van der Waals surface area contributed by atoms with Crippen LogP contribution in [0.4, 0.5) is 0 Å². The van der Waals surface area contributed by atoms with Gasteiger partial charge in [-0.1, -0.05) is 31.2 Å². The third kappa shape index (κ3) is 4.44. The first-order valence-electron chi connectivity index (χ1n) is 10.4. The van der Waals surface area contributed by atoms with Crippen molar-refractivity contribution in [3.63, 3.8) is 0 Å². The van der Waals surface area contributed by atoms with Gasteiger partial charge in [0, 0.05) is 18.7 Å². The van der Waals surface area contributed by atoms with Gasteiger partial charge >= 0.3 is 5.97 Å². The smallest absolute Gasteiger partial charge is 0.310 e. The molecule has 0 unspecified atom stereocenters. The zero-order chi connectivity index (χ0) is 20.4. The maximum absolute atomic E-state index is 12.4. The van der Waals surface area contributed by atoms with E-state index >= 15 is 0 Å². The van der Waals surface area contributed by atoms with Crippen LogP contribution in [0.3, 0.4) is 0 Å². The molecule has 5 heteroatoms. The maximum Gasteiger partial charge on any atom is 0.310 e. The molecule has 1 amide bonds. The second kappa shape index (κ2) is 8.27. The number of likely N-dealkylation sites (tertiary alicyclic amines) is 1. The van der Waals surface area contributed by atoms with E-state index in [0.29, 0.717) is 11.7 Å². The molecule has 0 aromatic heterocycles. The molecule has 1 saturated heterocycles. The van der Waals surface area contributed by atoms with E-state index in [0.717, 1.165) is 35.6 Å². The summed E-state index contributed by atoms with van der Waals surface area (Å²) in [6.07, 6.45) is 5.06. The molecule has 29 heavy (non-hydrogen) atoms. The minimum Gasteiger partial charge on any atom is -0.490 e. The van der Waals surface area contributed by atoms with Crippen LogP contribution in [0.5, 0.6) is 5.75 Å². The molecule has 1 saturated carbocycles. The highest BCUT2D eigenvalue weighted by Gasteiger charge is 2.35. The zero-order valence-corrected chi connectivity index (χ0v) is 16.7. The molecule has 2 aliphatic rings. The summed E-state index contributed by atoms with van der Waals surface area (Å²) in [5, 5.41) is 8.94. The summed E-state index contributed by atoms with van der Waals surface area (Å²) in [4.78, 5) is 24.9. The maximum atomic E-state index is 12.4. The number of amides is 1. The predicted molar refractivity (Wildman–Crippen MR) is 111 cm³/mol. The third-order valence-electron chi connectivity index (χ3n) is 6.10. The van der Waals surface area contributed by atoms with Crippen molar-refractivity contribution in [2.24, 2.45) is 11.8 Å². The Bertz CT molecular complexity index is 861. The van der Waals surface area contributed by atoms with E-state index in [-0.39, 0.29) is 19.0 Å². The topological polar surface area (TPSA) is 66.8 Å². The van der Waals surface area contributed by atoms with E-state index in [2.05, 4.69) is 6.92 Å². The highest BCUT2D eigenvalue weighted by atomic mass is 16.5. The van der Waals surface area contributed by atoms with Crippen LogP contribution >= 0.6 is 0 Å². The van der Waals surface area contributed by atoms with Crippen molar-refractivity contribution in [1.82, 2.24) is 4.90 Å². The fourth-order valence-electron chi connectivity index (χ4n) is 4.05. The Morgan fingerprint density at radius 2 is 1.45 bits per heavy atom. The fraction of sp³-hybridized carbons (Fsp3) is 0.417. The molecule has 0 spiro atoms. The van der Waals surface area contributed by atoms with Gasteiger partial charge < -0.3 is 14.7 Å². The van der Waals surface area contributed by atoms with Crippen molar-refractivity contribution in [3.05, 3.63) is 54.1 Å². The molecular formula is C24H27NO4. The normalized spacial score (nSPS) is 22.0. The van der Waals surface area contributed by atoms with E-state index < -0.39 is 11.9 Å². The number of carboxylic acids is 1. The van der Waals surface area contributed by atoms with Crippen LogP contribution < -0.4 is 4.74 Å². The van der Waals surface area contributed by atoms with Crippen LogP contribution in [-0.2, 0) is 4.79 Å². The third-order valence-corrected chi connectivity index (χ3v) is 6.10. The monoisotopic (exact) mass is 393 g/mol. The lowest BCUT2D eigenvalue weighted by molar-refractivity contribution is -0.146. The molecular weight excluding hydrogens is 366 g/mol. The summed E-state index contributed by atoms with van der Waals surface area (Å²) in [5.41, 5.74) is 2.69. The van der Waals surface area contributed by atoms with Crippen molar-refractivity contribution in [2.75, 3.05) is 13.1 Å². The predicted octanol–water partition coefficient (Wildman–Crippen LogP) is 4.47. The lowest BCUT2D eigenvalue weighted by Crippen LogP contribution is -2.53. The number of rotatable bonds is 5. The quantitative estimate of drug-likeness (QED) is 0.814. The number of carbonyl (C=O) groups excluding carboxylic acids is 1. The van der Waals surface area contributed by atoms with Crippen LogP contribution in [0.2, 0.25) is 0 Å². The first-order valence-corrected chi connectivity index (χ1v) is 10.4. The molecule has 2 fully saturated rings. The van der Waals surface area contributed by atoms with Crippen LogP contribution in [0, 0.1) is 11.8 Å². The average Bonchev–Trinajstić information content (AvgIpc) is 2.69. The van der Waals surface area contributed by atoms with Gasteiger partial charge in [0.1, 0.15) is 5.75 Å². The van der Waals surface area contributed by atoms with E-state index in [1.54, 1.807) is 17.0 Å². The fourth-order valence-corrected chi connectivity index (χ4v) is 4.05. The van der Waals surface area contributed by atoms with Gasteiger partial charge in [-0.3, -0.25) is 9.59 Å². The van der Waals surface area contributed by atoms with Crippen LogP contribution in [0.1, 0.15) is 43.0 Å². The van der Waals surface area contributed by atoms with Gasteiger partial charge in [-0.25, -0.2) is 0 Å². The number of hydrogen-bond donors (Lipinski definition) is 1. The number of carbonyl (C=O) groups is 2. The molecule has 1 N–H and O–H groups in total. The van der Waals surface area contributed by atoms with Crippen molar-refractivity contribution in [2.45, 2.75) is 38.7 Å². The van der Waals surface area contributed by atoms with Crippen LogP contribution in [-0.4, -0.2) is 41.1 Å². The number of ether oxygens (including phenoxy) is 1. The van der Waals surface area contributed by atoms with E-state index in [1.807, 2.05) is 36.4 Å². The Labute approximate surface area is 171 Å². The molecule has 152 valence electrons.